The fourth-order valence-corrected chi connectivity index (χ4v) is 1.40. The minimum Gasteiger partial charge on any atom is -0.484 e. The number of rotatable bonds is 6. The minimum absolute atomic E-state index is 0.0743. The average Bonchev–Trinajstić information content (AvgIpc) is 2.37. The summed E-state index contributed by atoms with van der Waals surface area (Å²) in [6, 6.07) is 6.46. The zero-order valence-corrected chi connectivity index (χ0v) is 10.8. The van der Waals surface area contributed by atoms with Gasteiger partial charge in [0.1, 0.15) is 12.3 Å². The number of ether oxygens (including phenoxy) is 1. The number of carbonyl (C=O) groups excluding carboxylic acids is 1. The first-order valence-corrected chi connectivity index (χ1v) is 5.72. The maximum absolute atomic E-state index is 11.7. The van der Waals surface area contributed by atoms with Crippen LogP contribution in [0.1, 0.15) is 0 Å². The van der Waals surface area contributed by atoms with Crippen LogP contribution in [0.2, 0.25) is 5.02 Å². The Morgan fingerprint density at radius 2 is 2.00 bits per heavy atom. The lowest BCUT2D eigenvalue weighted by molar-refractivity contribution is -0.144. The third-order valence-electron chi connectivity index (χ3n) is 2.14. The SMILES string of the molecule is C#CCN(CC(=O)O)C(=O)COc1ccc(Cl)cc1. The maximum Gasteiger partial charge on any atom is 0.323 e. The summed E-state index contributed by atoms with van der Waals surface area (Å²) in [7, 11) is 0. The number of carboxylic acids is 1. The standard InChI is InChI=1S/C13H12ClNO4/c1-2-7-15(8-13(17)18)12(16)9-19-11-5-3-10(14)4-6-11/h1,3-6H,7-9H2,(H,17,18). The second-order valence-corrected chi connectivity index (χ2v) is 4.03. The summed E-state index contributed by atoms with van der Waals surface area (Å²) in [4.78, 5) is 23.3. The van der Waals surface area contributed by atoms with Crippen molar-refractivity contribution < 1.29 is 19.4 Å². The zero-order chi connectivity index (χ0) is 14.3. The van der Waals surface area contributed by atoms with Crippen LogP contribution in [0.5, 0.6) is 5.75 Å². The molecule has 0 fully saturated rings. The van der Waals surface area contributed by atoms with Crippen LogP contribution in [0.3, 0.4) is 0 Å². The fourth-order valence-electron chi connectivity index (χ4n) is 1.27. The molecule has 1 amide bonds. The molecule has 0 aliphatic rings. The first kappa shape index (κ1) is 14.9. The molecule has 0 unspecified atom stereocenters. The molecular weight excluding hydrogens is 270 g/mol. The van der Waals surface area contributed by atoms with E-state index in [-0.39, 0.29) is 13.2 Å². The van der Waals surface area contributed by atoms with Crippen LogP contribution in [-0.4, -0.2) is 41.6 Å². The molecule has 19 heavy (non-hydrogen) atoms. The summed E-state index contributed by atoms with van der Waals surface area (Å²) in [6.07, 6.45) is 5.07. The zero-order valence-electron chi connectivity index (χ0n) is 10.0. The van der Waals surface area contributed by atoms with Crippen molar-refractivity contribution in [2.75, 3.05) is 19.7 Å². The second kappa shape index (κ2) is 7.29. The number of carboxylic acid groups (broad SMARTS) is 1. The first-order chi connectivity index (χ1) is 9.02. The first-order valence-electron chi connectivity index (χ1n) is 5.34. The molecule has 6 heteroatoms. The summed E-state index contributed by atoms with van der Waals surface area (Å²) >= 11 is 5.71. The summed E-state index contributed by atoms with van der Waals surface area (Å²) in [5.74, 6) is 1.07. The number of amides is 1. The molecule has 1 aromatic rings. The lowest BCUT2D eigenvalue weighted by Crippen LogP contribution is -2.38. The van der Waals surface area contributed by atoms with Gasteiger partial charge in [0.25, 0.3) is 5.91 Å². The van der Waals surface area contributed by atoms with Gasteiger partial charge >= 0.3 is 5.97 Å². The van der Waals surface area contributed by atoms with Crippen LogP contribution in [0.25, 0.3) is 0 Å². The van der Waals surface area contributed by atoms with Crippen LogP contribution in [0.15, 0.2) is 24.3 Å². The molecule has 0 aliphatic carbocycles. The number of benzene rings is 1. The monoisotopic (exact) mass is 281 g/mol. The highest BCUT2D eigenvalue weighted by Gasteiger charge is 2.16. The van der Waals surface area contributed by atoms with E-state index in [2.05, 4.69) is 5.92 Å². The summed E-state index contributed by atoms with van der Waals surface area (Å²) in [6.45, 7) is -0.807. The summed E-state index contributed by atoms with van der Waals surface area (Å²) in [5, 5.41) is 9.21. The van der Waals surface area contributed by atoms with E-state index in [1.165, 1.54) is 0 Å². The van der Waals surface area contributed by atoms with Crippen molar-refractivity contribution in [2.45, 2.75) is 0 Å². The molecular formula is C13H12ClNO4. The number of halogens is 1. The normalized spacial score (nSPS) is 9.47. The van der Waals surface area contributed by atoms with Gasteiger partial charge in [0.2, 0.25) is 0 Å². The molecule has 1 aromatic carbocycles. The Morgan fingerprint density at radius 3 is 2.53 bits per heavy atom. The van der Waals surface area contributed by atoms with Gasteiger partial charge < -0.3 is 14.7 Å². The van der Waals surface area contributed by atoms with Crippen molar-refractivity contribution in [3.05, 3.63) is 29.3 Å². The van der Waals surface area contributed by atoms with Crippen molar-refractivity contribution in [1.29, 1.82) is 0 Å². The van der Waals surface area contributed by atoms with E-state index in [1.54, 1.807) is 24.3 Å². The molecule has 0 radical (unpaired) electrons. The molecule has 0 bridgehead atoms. The molecule has 1 rings (SSSR count). The van der Waals surface area contributed by atoms with Crippen molar-refractivity contribution in [3.63, 3.8) is 0 Å². The quantitative estimate of drug-likeness (QED) is 0.797. The number of carbonyl (C=O) groups is 2. The Kier molecular flexibility index (Phi) is 5.71. The van der Waals surface area contributed by atoms with Gasteiger partial charge in [-0.3, -0.25) is 9.59 Å². The number of aliphatic carboxylic acids is 1. The number of nitrogens with zero attached hydrogens (tertiary/aromatic N) is 1. The van der Waals surface area contributed by atoms with Crippen LogP contribution in [0.4, 0.5) is 0 Å². The Balaban J connectivity index is 2.54. The number of hydrogen-bond acceptors (Lipinski definition) is 3. The summed E-state index contributed by atoms with van der Waals surface area (Å²) in [5.41, 5.74) is 0. The van der Waals surface area contributed by atoms with E-state index in [4.69, 9.17) is 27.9 Å². The Labute approximate surface area is 115 Å². The van der Waals surface area contributed by atoms with E-state index in [0.717, 1.165) is 4.90 Å². The highest BCUT2D eigenvalue weighted by Crippen LogP contribution is 2.15. The van der Waals surface area contributed by atoms with Gasteiger partial charge in [-0.15, -0.1) is 6.42 Å². The predicted molar refractivity (Wildman–Crippen MR) is 70.0 cm³/mol. The third kappa shape index (κ3) is 5.32. The fraction of sp³-hybridized carbons (Fsp3) is 0.231. The lowest BCUT2D eigenvalue weighted by atomic mass is 10.3. The average molecular weight is 282 g/mol. The van der Waals surface area contributed by atoms with Gasteiger partial charge in [0.05, 0.1) is 6.54 Å². The van der Waals surface area contributed by atoms with Crippen molar-refractivity contribution in [2.24, 2.45) is 0 Å². The predicted octanol–water partition coefficient (Wildman–Crippen LogP) is 1.27. The molecule has 5 nitrogen and oxygen atoms in total. The largest absolute Gasteiger partial charge is 0.484 e. The highest BCUT2D eigenvalue weighted by atomic mass is 35.5. The molecule has 0 spiro atoms. The Hall–Kier alpha value is -2.19. The van der Waals surface area contributed by atoms with Crippen molar-refractivity contribution >= 4 is 23.5 Å². The number of hydrogen-bond donors (Lipinski definition) is 1. The Bertz CT molecular complexity index is 492. The van der Waals surface area contributed by atoms with Gasteiger partial charge in [0.15, 0.2) is 6.61 Å². The molecule has 0 atom stereocenters. The third-order valence-corrected chi connectivity index (χ3v) is 2.39. The van der Waals surface area contributed by atoms with Gasteiger partial charge in [-0.05, 0) is 24.3 Å². The maximum atomic E-state index is 11.7. The van der Waals surface area contributed by atoms with Crippen LogP contribution < -0.4 is 4.74 Å². The summed E-state index contributed by atoms with van der Waals surface area (Å²) < 4.78 is 5.22. The van der Waals surface area contributed by atoms with Crippen LogP contribution in [-0.2, 0) is 9.59 Å². The van der Waals surface area contributed by atoms with E-state index < -0.39 is 18.4 Å². The molecule has 0 saturated carbocycles. The molecule has 0 aromatic heterocycles. The van der Waals surface area contributed by atoms with E-state index >= 15 is 0 Å². The molecule has 0 saturated heterocycles. The van der Waals surface area contributed by atoms with Gasteiger partial charge in [-0.2, -0.15) is 0 Å². The van der Waals surface area contributed by atoms with Crippen molar-refractivity contribution in [1.82, 2.24) is 4.90 Å². The van der Waals surface area contributed by atoms with Crippen molar-refractivity contribution in [3.8, 4) is 18.1 Å². The topological polar surface area (TPSA) is 66.8 Å². The van der Waals surface area contributed by atoms with E-state index in [0.29, 0.717) is 10.8 Å². The molecule has 100 valence electrons. The smallest absolute Gasteiger partial charge is 0.323 e. The Morgan fingerprint density at radius 1 is 1.37 bits per heavy atom. The molecule has 0 aliphatic heterocycles. The van der Waals surface area contributed by atoms with E-state index in [9.17, 15) is 9.59 Å². The molecule has 0 heterocycles. The van der Waals surface area contributed by atoms with Crippen LogP contribution >= 0.6 is 11.6 Å². The lowest BCUT2D eigenvalue weighted by Gasteiger charge is -2.18. The van der Waals surface area contributed by atoms with Gasteiger partial charge in [-0.1, -0.05) is 17.5 Å². The molecule has 1 N–H and O–H groups in total. The van der Waals surface area contributed by atoms with Gasteiger partial charge in [0, 0.05) is 5.02 Å². The van der Waals surface area contributed by atoms with Gasteiger partial charge in [-0.25, -0.2) is 0 Å². The highest BCUT2D eigenvalue weighted by molar-refractivity contribution is 6.30. The minimum atomic E-state index is -1.13. The van der Waals surface area contributed by atoms with E-state index in [1.807, 2.05) is 0 Å². The number of terminal acetylenes is 1. The second-order valence-electron chi connectivity index (χ2n) is 3.59. The van der Waals surface area contributed by atoms with Crippen LogP contribution in [0, 0.1) is 12.3 Å².